The lowest BCUT2D eigenvalue weighted by Gasteiger charge is -2.32. The number of nitrogens with zero attached hydrogens (tertiary/aromatic N) is 3. The average molecular weight is 998 g/mol. The summed E-state index contributed by atoms with van der Waals surface area (Å²) in [6, 6.07) is -1.61. The second kappa shape index (κ2) is 36.9. The number of hydrogen-bond acceptors (Lipinski definition) is 20. The van der Waals surface area contributed by atoms with Crippen LogP contribution in [-0.2, 0) is 81.0 Å². The monoisotopic (exact) mass is 997 g/mol. The first kappa shape index (κ1) is 63.9. The van der Waals surface area contributed by atoms with Gasteiger partial charge in [-0.05, 0) is 17.8 Å². The summed E-state index contributed by atoms with van der Waals surface area (Å²) in [4.78, 5) is 111. The number of carbonyl (C=O) groups excluding carboxylic acids is 4. The predicted molar refractivity (Wildman–Crippen MR) is 239 cm³/mol. The Kier molecular flexibility index (Phi) is 34.2. The van der Waals surface area contributed by atoms with Crippen molar-refractivity contribution in [2.45, 2.75) is 73.3 Å². The highest BCUT2D eigenvalue weighted by atomic mass is 16.6. The molecule has 0 saturated carbocycles. The van der Waals surface area contributed by atoms with Gasteiger partial charge in [0.15, 0.2) is 0 Å². The van der Waals surface area contributed by atoms with Crippen molar-refractivity contribution in [1.29, 1.82) is 0 Å². The normalized spacial score (nSPS) is 12.2. The zero-order valence-corrected chi connectivity index (χ0v) is 40.8. The van der Waals surface area contributed by atoms with Crippen molar-refractivity contribution in [2.75, 3.05) is 132 Å². The number of esters is 4. The van der Waals surface area contributed by atoms with E-state index in [1.165, 1.54) is 4.90 Å². The number of carboxylic acid groups (broad SMARTS) is 5. The molecule has 398 valence electrons. The fourth-order valence-electron chi connectivity index (χ4n) is 6.04. The van der Waals surface area contributed by atoms with E-state index in [0.717, 1.165) is 9.80 Å². The van der Waals surface area contributed by atoms with Crippen LogP contribution in [0.25, 0.3) is 0 Å². The molecule has 25 heteroatoms. The summed E-state index contributed by atoms with van der Waals surface area (Å²) < 4.78 is 44.1. The number of hydrogen-bond donors (Lipinski definition) is 5. The molecule has 0 radical (unpaired) electrons. The lowest BCUT2D eigenvalue weighted by Crippen LogP contribution is -2.50. The van der Waals surface area contributed by atoms with Crippen molar-refractivity contribution < 1.29 is 107 Å². The Hall–Kier alpha value is -5.05. The molecule has 0 amide bonds. The van der Waals surface area contributed by atoms with E-state index < -0.39 is 97.8 Å². The number of carboxylic acids is 5. The van der Waals surface area contributed by atoms with E-state index in [2.05, 4.69) is 0 Å². The third kappa shape index (κ3) is 35.7. The minimum Gasteiger partial charge on any atom is -0.480 e. The van der Waals surface area contributed by atoms with Crippen molar-refractivity contribution in [2.24, 2.45) is 23.2 Å². The second-order valence-electron chi connectivity index (χ2n) is 17.5. The van der Waals surface area contributed by atoms with Crippen LogP contribution in [0.1, 0.15) is 67.2 Å². The average Bonchev–Trinajstić information content (AvgIpc) is 3.21. The molecule has 25 nitrogen and oxygen atoms in total. The summed E-state index contributed by atoms with van der Waals surface area (Å²) in [6.07, 6.45) is -0.239. The maximum atomic E-state index is 12.7. The summed E-state index contributed by atoms with van der Waals surface area (Å²) in [5.74, 6) is -9.14. The molecule has 0 aromatic heterocycles. The number of aliphatic carboxylic acids is 5. The van der Waals surface area contributed by atoms with E-state index in [1.807, 2.05) is 41.5 Å². The van der Waals surface area contributed by atoms with Crippen LogP contribution in [0.2, 0.25) is 0 Å². The molecule has 69 heavy (non-hydrogen) atoms. The van der Waals surface area contributed by atoms with Gasteiger partial charge in [-0.3, -0.25) is 57.9 Å². The third-order valence-corrected chi connectivity index (χ3v) is 9.29. The quantitative estimate of drug-likeness (QED) is 0.0314. The summed E-state index contributed by atoms with van der Waals surface area (Å²) >= 11 is 0. The molecule has 0 aliphatic heterocycles. The molecular formula is C44H75N3O22. The van der Waals surface area contributed by atoms with Crippen LogP contribution >= 0.6 is 0 Å². The van der Waals surface area contributed by atoms with Crippen LogP contribution in [-0.4, -0.2) is 232 Å². The maximum Gasteiger partial charge on any atom is 0.321 e. The lowest BCUT2D eigenvalue weighted by atomic mass is 9.92. The lowest BCUT2D eigenvalue weighted by molar-refractivity contribution is -0.169. The first-order chi connectivity index (χ1) is 32.4. The van der Waals surface area contributed by atoms with Crippen LogP contribution in [0.15, 0.2) is 0 Å². The molecule has 0 aliphatic carbocycles. The van der Waals surface area contributed by atoms with Crippen molar-refractivity contribution in [3.05, 3.63) is 0 Å². The van der Waals surface area contributed by atoms with Crippen LogP contribution in [0.3, 0.4) is 0 Å². The van der Waals surface area contributed by atoms with Crippen molar-refractivity contribution in [3.8, 4) is 0 Å². The molecule has 0 bridgehead atoms. The van der Waals surface area contributed by atoms with Crippen molar-refractivity contribution >= 4 is 53.7 Å². The highest BCUT2D eigenvalue weighted by Gasteiger charge is 2.37. The van der Waals surface area contributed by atoms with Gasteiger partial charge in [-0.25, -0.2) is 0 Å². The molecule has 1 atom stereocenters. The Labute approximate surface area is 402 Å². The van der Waals surface area contributed by atoms with Gasteiger partial charge in [0.25, 0.3) is 0 Å². The topological polar surface area (TPSA) is 338 Å². The second-order valence-corrected chi connectivity index (χ2v) is 17.5. The van der Waals surface area contributed by atoms with Gasteiger partial charge in [0.1, 0.15) is 32.5 Å². The van der Waals surface area contributed by atoms with Gasteiger partial charge >= 0.3 is 53.7 Å². The van der Waals surface area contributed by atoms with E-state index in [-0.39, 0.29) is 142 Å². The first-order valence-corrected chi connectivity index (χ1v) is 22.7. The van der Waals surface area contributed by atoms with E-state index in [0.29, 0.717) is 0 Å². The van der Waals surface area contributed by atoms with E-state index in [9.17, 15) is 68.7 Å². The van der Waals surface area contributed by atoms with Crippen LogP contribution in [0.4, 0.5) is 0 Å². The molecule has 5 N–H and O–H groups in total. The Morgan fingerprint density at radius 3 is 1.00 bits per heavy atom. The van der Waals surface area contributed by atoms with E-state index >= 15 is 0 Å². The Morgan fingerprint density at radius 2 is 0.696 bits per heavy atom. The Balaban J connectivity index is 5.09. The highest BCUT2D eigenvalue weighted by molar-refractivity contribution is 5.81. The minimum absolute atomic E-state index is 0.0398. The van der Waals surface area contributed by atoms with Gasteiger partial charge < -0.3 is 63.4 Å². The SMILES string of the molecule is CC(C)CC(=O)OCC(COCCOCCOCCOCCOC(=O)CC(C(=O)O)N(CCN(CC(=O)O)CC(=O)O)CCN(CC(=O)O)CC(=O)O)(COC(=O)CC(C)C)COC(=O)CC(C)C. The molecule has 0 rings (SSSR count). The third-order valence-electron chi connectivity index (χ3n) is 9.29. The molecule has 0 aromatic rings. The van der Waals surface area contributed by atoms with Gasteiger partial charge in [-0.15, -0.1) is 0 Å². The molecule has 0 saturated heterocycles. The largest absolute Gasteiger partial charge is 0.480 e. The summed E-state index contributed by atoms with van der Waals surface area (Å²) in [5, 5.41) is 46.8. The number of ether oxygens (including phenoxy) is 8. The Bertz CT molecular complexity index is 1440. The molecule has 0 heterocycles. The standard InChI is InChI=1S/C44H75N3O22/c1-31(2)19-39(56)67-28-44(29-68-40(57)20-32(3)4,30-69-41(58)21-33(5)6)27-65-16-15-63-12-11-62-13-14-64-17-18-66-42(59)22-34(43(60)61)47(9-7-45(23-35(48)49)24-36(50)51)10-8-46(25-37(52)53)26-38(54)55/h31-34H,7-30H2,1-6H3,(H,48,49)(H,50,51)(H,52,53)(H,54,55)(H,60,61). The zero-order valence-electron chi connectivity index (χ0n) is 40.8. The summed E-state index contributed by atoms with van der Waals surface area (Å²) in [6.45, 7) is 6.91. The van der Waals surface area contributed by atoms with Crippen LogP contribution < -0.4 is 0 Å². The van der Waals surface area contributed by atoms with Crippen molar-refractivity contribution in [3.63, 3.8) is 0 Å². The fourth-order valence-corrected chi connectivity index (χ4v) is 6.04. The Morgan fingerprint density at radius 1 is 0.391 bits per heavy atom. The molecule has 0 spiro atoms. The van der Waals surface area contributed by atoms with Gasteiger partial charge in [0.2, 0.25) is 0 Å². The van der Waals surface area contributed by atoms with Gasteiger partial charge in [0, 0.05) is 45.4 Å². The van der Waals surface area contributed by atoms with Crippen LogP contribution in [0, 0.1) is 23.2 Å². The first-order valence-electron chi connectivity index (χ1n) is 22.7. The molecule has 0 fully saturated rings. The van der Waals surface area contributed by atoms with E-state index in [1.54, 1.807) is 0 Å². The van der Waals surface area contributed by atoms with E-state index in [4.69, 9.17) is 37.9 Å². The predicted octanol–water partition coefficient (Wildman–Crippen LogP) is 0.438. The number of carbonyl (C=O) groups is 9. The smallest absolute Gasteiger partial charge is 0.321 e. The van der Waals surface area contributed by atoms with Crippen LogP contribution in [0.5, 0.6) is 0 Å². The van der Waals surface area contributed by atoms with Gasteiger partial charge in [0.05, 0.1) is 90.9 Å². The van der Waals surface area contributed by atoms with Gasteiger partial charge in [-0.2, -0.15) is 0 Å². The number of rotatable bonds is 44. The summed E-state index contributed by atoms with van der Waals surface area (Å²) in [5.41, 5.74) is -1.18. The zero-order chi connectivity index (χ0) is 52.4. The van der Waals surface area contributed by atoms with Gasteiger partial charge in [-0.1, -0.05) is 41.5 Å². The summed E-state index contributed by atoms with van der Waals surface area (Å²) in [7, 11) is 0. The fraction of sp³-hybridized carbons (Fsp3) is 0.795. The molecule has 0 aromatic carbocycles. The highest BCUT2D eigenvalue weighted by Crippen LogP contribution is 2.23. The molecular weight excluding hydrogens is 922 g/mol. The molecule has 1 unspecified atom stereocenters. The van der Waals surface area contributed by atoms with Crippen molar-refractivity contribution in [1.82, 2.24) is 14.7 Å². The minimum atomic E-state index is -1.61. The molecule has 0 aliphatic rings. The maximum absolute atomic E-state index is 12.7.